The van der Waals surface area contributed by atoms with Gasteiger partial charge < -0.3 is 29.6 Å². The van der Waals surface area contributed by atoms with E-state index in [0.29, 0.717) is 38.3 Å². The smallest absolute Gasteiger partial charge is 0.410 e. The van der Waals surface area contributed by atoms with Crippen molar-refractivity contribution in [2.24, 2.45) is 5.92 Å². The van der Waals surface area contributed by atoms with E-state index >= 15 is 0 Å². The summed E-state index contributed by atoms with van der Waals surface area (Å²) in [6, 6.07) is 8.85. The third-order valence-electron chi connectivity index (χ3n) is 7.58. The molecule has 0 spiro atoms. The van der Waals surface area contributed by atoms with Crippen LogP contribution < -0.4 is 5.32 Å². The van der Waals surface area contributed by atoms with Crippen LogP contribution in [0.2, 0.25) is 0 Å². The quantitative estimate of drug-likeness (QED) is 0.357. The topological polar surface area (TPSA) is 135 Å². The average Bonchev–Trinajstić information content (AvgIpc) is 3.59. The van der Waals surface area contributed by atoms with Gasteiger partial charge in [-0.2, -0.15) is 0 Å². The van der Waals surface area contributed by atoms with Gasteiger partial charge in [0.15, 0.2) is 0 Å². The minimum Gasteiger partial charge on any atom is -0.444 e. The van der Waals surface area contributed by atoms with E-state index in [-0.39, 0.29) is 17.9 Å². The minimum absolute atomic E-state index is 0.0384. The first-order chi connectivity index (χ1) is 20.6. The number of fused-ring (bicyclic) bond motifs is 1. The molecular weight excluding hydrogens is 562 g/mol. The van der Waals surface area contributed by atoms with E-state index in [1.807, 2.05) is 85.7 Å². The summed E-state index contributed by atoms with van der Waals surface area (Å²) in [5.74, 6) is -0.0828. The van der Waals surface area contributed by atoms with Gasteiger partial charge in [0.1, 0.15) is 22.9 Å². The lowest BCUT2D eigenvalue weighted by molar-refractivity contribution is -0.137. The zero-order valence-corrected chi connectivity index (χ0v) is 27.2. The molecule has 1 unspecified atom stereocenters. The van der Waals surface area contributed by atoms with Crippen LogP contribution in [-0.4, -0.2) is 85.3 Å². The highest BCUT2D eigenvalue weighted by Crippen LogP contribution is 2.27. The number of carbonyl (C=O) groups is 3. The summed E-state index contributed by atoms with van der Waals surface area (Å²) in [5, 5.41) is 12.9. The van der Waals surface area contributed by atoms with Crippen molar-refractivity contribution in [3.63, 3.8) is 0 Å². The Kier molecular flexibility index (Phi) is 9.90. The molecule has 3 aromatic rings. The van der Waals surface area contributed by atoms with Crippen molar-refractivity contribution in [1.82, 2.24) is 35.1 Å². The molecule has 240 valence electrons. The first-order valence-corrected chi connectivity index (χ1v) is 15.4. The third kappa shape index (κ3) is 8.51. The van der Waals surface area contributed by atoms with E-state index < -0.39 is 29.4 Å². The number of alkyl carbamates (subject to hydrolysis) is 1. The number of para-hydroxylation sites is 1. The summed E-state index contributed by atoms with van der Waals surface area (Å²) in [6.07, 6.45) is 1.97. The Hall–Kier alpha value is -4.09. The molecule has 2 N–H and O–H groups in total. The van der Waals surface area contributed by atoms with Crippen molar-refractivity contribution in [3.8, 4) is 0 Å². The van der Waals surface area contributed by atoms with Crippen LogP contribution in [0.1, 0.15) is 85.3 Å². The maximum absolute atomic E-state index is 14.1. The van der Waals surface area contributed by atoms with Crippen molar-refractivity contribution in [1.29, 1.82) is 0 Å². The van der Waals surface area contributed by atoms with Crippen LogP contribution in [0, 0.1) is 5.92 Å². The molecule has 1 fully saturated rings. The van der Waals surface area contributed by atoms with Gasteiger partial charge in [-0.15, -0.1) is 5.10 Å². The summed E-state index contributed by atoms with van der Waals surface area (Å²) in [4.78, 5) is 46.3. The zero-order chi connectivity index (χ0) is 32.2. The highest BCUT2D eigenvalue weighted by Gasteiger charge is 2.34. The number of hydrogen-bond acceptors (Lipinski definition) is 7. The normalized spacial score (nSPS) is 16.4. The number of amides is 3. The number of ether oxygens (including phenoxy) is 2. The van der Waals surface area contributed by atoms with Gasteiger partial charge in [-0.3, -0.25) is 4.79 Å². The average molecular weight is 610 g/mol. The Morgan fingerprint density at radius 3 is 2.23 bits per heavy atom. The zero-order valence-electron chi connectivity index (χ0n) is 27.2. The summed E-state index contributed by atoms with van der Waals surface area (Å²) in [5.41, 5.74) is 1.18. The van der Waals surface area contributed by atoms with E-state index in [9.17, 15) is 14.4 Å². The number of aromatic nitrogens is 4. The maximum atomic E-state index is 14.1. The molecule has 3 heterocycles. The first kappa shape index (κ1) is 32.8. The summed E-state index contributed by atoms with van der Waals surface area (Å²) in [6.45, 7) is 16.5. The van der Waals surface area contributed by atoms with Gasteiger partial charge in [0.2, 0.25) is 5.91 Å². The predicted molar refractivity (Wildman–Crippen MR) is 167 cm³/mol. The van der Waals surface area contributed by atoms with Crippen LogP contribution in [0.25, 0.3) is 10.9 Å². The number of rotatable bonds is 8. The van der Waals surface area contributed by atoms with Gasteiger partial charge in [0, 0.05) is 43.8 Å². The fourth-order valence-electron chi connectivity index (χ4n) is 5.16. The molecule has 12 nitrogen and oxygen atoms in total. The van der Waals surface area contributed by atoms with Crippen molar-refractivity contribution in [2.75, 3.05) is 26.2 Å². The number of carbonyl (C=O) groups excluding carboxylic acids is 3. The molecule has 3 atom stereocenters. The summed E-state index contributed by atoms with van der Waals surface area (Å²) >= 11 is 0. The lowest BCUT2D eigenvalue weighted by Gasteiger charge is -2.37. The molecule has 1 aromatic carbocycles. The predicted octanol–water partition coefficient (Wildman–Crippen LogP) is 5.23. The van der Waals surface area contributed by atoms with Crippen molar-refractivity contribution >= 4 is 29.0 Å². The molecule has 44 heavy (non-hydrogen) atoms. The fraction of sp³-hybridized carbons (Fsp3) is 0.594. The Morgan fingerprint density at radius 1 is 0.977 bits per heavy atom. The number of aromatic amines is 1. The molecular formula is C32H47N7O5. The third-order valence-corrected chi connectivity index (χ3v) is 7.58. The Morgan fingerprint density at radius 2 is 1.61 bits per heavy atom. The molecule has 2 aromatic heterocycles. The number of nitrogens with zero attached hydrogens (tertiary/aromatic N) is 5. The van der Waals surface area contributed by atoms with Crippen molar-refractivity contribution in [2.45, 2.75) is 91.5 Å². The Balaban J connectivity index is 1.58. The lowest BCUT2D eigenvalue weighted by Crippen LogP contribution is -2.53. The fourth-order valence-corrected chi connectivity index (χ4v) is 5.16. The van der Waals surface area contributed by atoms with Gasteiger partial charge in [-0.05, 0) is 65.0 Å². The van der Waals surface area contributed by atoms with Crippen molar-refractivity contribution < 1.29 is 23.9 Å². The largest absolute Gasteiger partial charge is 0.444 e. The van der Waals surface area contributed by atoms with Crippen LogP contribution in [0.5, 0.6) is 0 Å². The van der Waals surface area contributed by atoms with Crippen LogP contribution >= 0.6 is 0 Å². The lowest BCUT2D eigenvalue weighted by atomic mass is 9.97. The second kappa shape index (κ2) is 13.3. The number of hydrogen-bond donors (Lipinski definition) is 2. The number of benzene rings is 1. The summed E-state index contributed by atoms with van der Waals surface area (Å²) in [7, 11) is 0. The van der Waals surface area contributed by atoms with E-state index in [0.717, 1.165) is 23.0 Å². The highest BCUT2D eigenvalue weighted by molar-refractivity contribution is 5.83. The maximum Gasteiger partial charge on any atom is 0.410 e. The van der Waals surface area contributed by atoms with Crippen LogP contribution in [-0.2, 0) is 20.7 Å². The second-order valence-electron chi connectivity index (χ2n) is 13.5. The Bertz CT molecular complexity index is 1410. The second-order valence-corrected chi connectivity index (χ2v) is 13.5. The Labute approximate surface area is 259 Å². The molecule has 1 aliphatic rings. The van der Waals surface area contributed by atoms with E-state index in [4.69, 9.17) is 9.47 Å². The van der Waals surface area contributed by atoms with Crippen LogP contribution in [0.15, 0.2) is 36.5 Å². The highest BCUT2D eigenvalue weighted by atomic mass is 16.6. The standard InChI is InChI=1S/C32H47N7O5/c1-9-21(2)27(34-29(41)43-31(3,4)5)25-20-39(36-35-25)26(19-23-18-22-12-10-11-13-24(22)33-23)28(40)37-14-16-38(17-15-37)30(42)44-32(6,7)8/h10-13,18,20-21,26-27,33H,9,14-17,19H2,1-8H3,(H,34,41)/t21-,26+,27?/m1/s1. The monoisotopic (exact) mass is 609 g/mol. The van der Waals surface area contributed by atoms with Gasteiger partial charge in [0.05, 0.1) is 12.2 Å². The van der Waals surface area contributed by atoms with Crippen molar-refractivity contribution in [3.05, 3.63) is 47.9 Å². The molecule has 1 aliphatic heterocycles. The SMILES string of the molecule is CC[C@@H](C)C(NC(=O)OC(C)(C)C)c1cn([C@@H](Cc2cc3ccccc3[nH]2)C(=O)N2CCN(C(=O)OC(C)(C)C)CC2)nn1. The van der Waals surface area contributed by atoms with E-state index in [1.54, 1.807) is 20.7 Å². The van der Waals surface area contributed by atoms with Crippen LogP contribution in [0.3, 0.4) is 0 Å². The molecule has 0 bridgehead atoms. The first-order valence-electron chi connectivity index (χ1n) is 15.4. The summed E-state index contributed by atoms with van der Waals surface area (Å²) < 4.78 is 12.6. The van der Waals surface area contributed by atoms with E-state index in [2.05, 4.69) is 20.6 Å². The van der Waals surface area contributed by atoms with Gasteiger partial charge >= 0.3 is 12.2 Å². The molecule has 0 saturated carbocycles. The van der Waals surface area contributed by atoms with Gasteiger partial charge in [-0.25, -0.2) is 14.3 Å². The molecule has 1 saturated heterocycles. The van der Waals surface area contributed by atoms with E-state index in [1.165, 1.54) is 0 Å². The molecule has 3 amide bonds. The minimum atomic E-state index is -0.698. The van der Waals surface area contributed by atoms with Crippen LogP contribution in [0.4, 0.5) is 9.59 Å². The van der Waals surface area contributed by atoms with Gasteiger partial charge in [-0.1, -0.05) is 43.7 Å². The number of H-pyrrole nitrogens is 1. The molecule has 0 aliphatic carbocycles. The number of nitrogens with one attached hydrogen (secondary N) is 2. The molecule has 0 radical (unpaired) electrons. The molecule has 4 rings (SSSR count). The number of piperazine rings is 1. The molecule has 12 heteroatoms. The van der Waals surface area contributed by atoms with Gasteiger partial charge in [0.25, 0.3) is 0 Å².